The van der Waals surface area contributed by atoms with E-state index in [1.807, 2.05) is 38.1 Å². The topological polar surface area (TPSA) is 66.5 Å². The Hall–Kier alpha value is -2.18. The molecule has 0 spiro atoms. The fourth-order valence-corrected chi connectivity index (χ4v) is 4.78. The Balaban J connectivity index is 1.88. The van der Waals surface area contributed by atoms with E-state index in [0.29, 0.717) is 6.54 Å². The first-order valence-electron chi connectivity index (χ1n) is 8.78. The van der Waals surface area contributed by atoms with Crippen LogP contribution in [0.1, 0.15) is 43.0 Å². The number of nitrogens with one attached hydrogen (secondary N) is 1. The lowest BCUT2D eigenvalue weighted by Crippen LogP contribution is -2.34. The normalized spacial score (nSPS) is 15.4. The second-order valence-electron chi connectivity index (χ2n) is 6.76. The van der Waals surface area contributed by atoms with Gasteiger partial charge in [-0.3, -0.25) is 4.79 Å². The summed E-state index contributed by atoms with van der Waals surface area (Å²) in [4.78, 5) is 13.7. The predicted octanol–water partition coefficient (Wildman–Crippen LogP) is 3.33. The van der Waals surface area contributed by atoms with Crippen LogP contribution in [-0.2, 0) is 21.2 Å². The number of sulfonamides is 1. The standard InChI is InChI=1S/C20H24N2O3S/c1-14-7-4-5-9-19(14)15(2)21-26(24,25)18-10-11-20-17(13-18)8-6-12-22(20)16(3)23/h4-5,7,9-11,13,15,21H,6,8,12H2,1-3H3/t15-/m1/s1. The summed E-state index contributed by atoms with van der Waals surface area (Å²) < 4.78 is 28.4. The zero-order valence-electron chi connectivity index (χ0n) is 15.3. The lowest BCUT2D eigenvalue weighted by Gasteiger charge is -2.29. The van der Waals surface area contributed by atoms with E-state index in [-0.39, 0.29) is 16.8 Å². The molecule has 0 radical (unpaired) electrons. The fraction of sp³-hybridized carbons (Fsp3) is 0.350. The minimum Gasteiger partial charge on any atom is -0.312 e. The van der Waals surface area contributed by atoms with Gasteiger partial charge in [0.2, 0.25) is 15.9 Å². The van der Waals surface area contributed by atoms with Gasteiger partial charge in [-0.05, 0) is 61.6 Å². The molecule has 138 valence electrons. The lowest BCUT2D eigenvalue weighted by molar-refractivity contribution is -0.116. The number of amides is 1. The maximum atomic E-state index is 12.8. The molecule has 1 heterocycles. The van der Waals surface area contributed by atoms with Crippen LogP contribution in [0.4, 0.5) is 5.69 Å². The van der Waals surface area contributed by atoms with Crippen molar-refractivity contribution in [3.63, 3.8) is 0 Å². The Morgan fingerprint density at radius 1 is 1.19 bits per heavy atom. The number of nitrogens with zero attached hydrogens (tertiary/aromatic N) is 1. The lowest BCUT2D eigenvalue weighted by atomic mass is 10.0. The summed E-state index contributed by atoms with van der Waals surface area (Å²) in [5, 5.41) is 0. The number of carbonyl (C=O) groups excluding carboxylic acids is 1. The van der Waals surface area contributed by atoms with Gasteiger partial charge in [-0.2, -0.15) is 0 Å². The van der Waals surface area contributed by atoms with E-state index >= 15 is 0 Å². The third-order valence-corrected chi connectivity index (χ3v) is 6.39. The van der Waals surface area contributed by atoms with Crippen LogP contribution in [-0.4, -0.2) is 20.9 Å². The molecule has 0 saturated carbocycles. The molecule has 1 aliphatic rings. The van der Waals surface area contributed by atoms with Crippen molar-refractivity contribution in [1.29, 1.82) is 0 Å². The highest BCUT2D eigenvalue weighted by molar-refractivity contribution is 7.89. The van der Waals surface area contributed by atoms with Gasteiger partial charge in [-0.25, -0.2) is 13.1 Å². The van der Waals surface area contributed by atoms with Crippen LogP contribution in [0.25, 0.3) is 0 Å². The number of rotatable bonds is 4. The van der Waals surface area contributed by atoms with Crippen LogP contribution in [0.3, 0.4) is 0 Å². The van der Waals surface area contributed by atoms with Crippen molar-refractivity contribution in [2.24, 2.45) is 0 Å². The Bertz CT molecular complexity index is 938. The van der Waals surface area contributed by atoms with Crippen molar-refractivity contribution < 1.29 is 13.2 Å². The summed E-state index contributed by atoms with van der Waals surface area (Å²) in [5.74, 6) is -0.0205. The molecule has 0 aliphatic carbocycles. The number of hydrogen-bond donors (Lipinski definition) is 1. The summed E-state index contributed by atoms with van der Waals surface area (Å²) in [6.07, 6.45) is 1.61. The van der Waals surface area contributed by atoms with Gasteiger partial charge in [-0.15, -0.1) is 0 Å². The first-order chi connectivity index (χ1) is 12.3. The summed E-state index contributed by atoms with van der Waals surface area (Å²) in [6, 6.07) is 12.4. The summed E-state index contributed by atoms with van der Waals surface area (Å²) in [5.41, 5.74) is 3.72. The van der Waals surface area contributed by atoms with Gasteiger partial charge in [0.05, 0.1) is 4.90 Å². The maximum Gasteiger partial charge on any atom is 0.241 e. The quantitative estimate of drug-likeness (QED) is 0.895. The molecule has 1 N–H and O–H groups in total. The van der Waals surface area contributed by atoms with Crippen molar-refractivity contribution >= 4 is 21.6 Å². The fourth-order valence-electron chi connectivity index (χ4n) is 3.50. The largest absolute Gasteiger partial charge is 0.312 e. The summed E-state index contributed by atoms with van der Waals surface area (Å²) >= 11 is 0. The van der Waals surface area contributed by atoms with Crippen molar-refractivity contribution in [2.75, 3.05) is 11.4 Å². The zero-order valence-corrected chi connectivity index (χ0v) is 16.1. The van der Waals surface area contributed by atoms with E-state index in [1.54, 1.807) is 23.1 Å². The van der Waals surface area contributed by atoms with Crippen molar-refractivity contribution in [3.8, 4) is 0 Å². The Morgan fingerprint density at radius 2 is 1.92 bits per heavy atom. The van der Waals surface area contributed by atoms with E-state index in [4.69, 9.17) is 0 Å². The highest BCUT2D eigenvalue weighted by Gasteiger charge is 2.24. The number of anilines is 1. The second kappa shape index (κ2) is 7.21. The number of carbonyl (C=O) groups is 1. The molecule has 1 amide bonds. The SMILES string of the molecule is CC(=O)N1CCCc2cc(S(=O)(=O)N[C@H](C)c3ccccc3C)ccc21. The minimum atomic E-state index is -3.65. The van der Waals surface area contributed by atoms with Gasteiger partial charge in [0.25, 0.3) is 0 Å². The molecular formula is C20H24N2O3S. The Labute approximate surface area is 155 Å². The van der Waals surface area contributed by atoms with E-state index in [2.05, 4.69) is 4.72 Å². The van der Waals surface area contributed by atoms with E-state index in [0.717, 1.165) is 35.2 Å². The summed E-state index contributed by atoms with van der Waals surface area (Å²) in [7, 11) is -3.65. The molecule has 1 aliphatic heterocycles. The average Bonchev–Trinajstić information content (AvgIpc) is 2.60. The Morgan fingerprint density at radius 3 is 2.62 bits per heavy atom. The third kappa shape index (κ3) is 3.66. The van der Waals surface area contributed by atoms with Gasteiger partial charge in [0.1, 0.15) is 0 Å². The highest BCUT2D eigenvalue weighted by atomic mass is 32.2. The molecule has 2 aromatic rings. The number of aryl methyl sites for hydroxylation is 2. The van der Waals surface area contributed by atoms with Crippen LogP contribution in [0.15, 0.2) is 47.4 Å². The molecule has 6 heteroatoms. The van der Waals surface area contributed by atoms with Crippen LogP contribution in [0.2, 0.25) is 0 Å². The van der Waals surface area contributed by atoms with Gasteiger partial charge in [0.15, 0.2) is 0 Å². The molecule has 2 aromatic carbocycles. The Kier molecular flexibility index (Phi) is 5.16. The first-order valence-corrected chi connectivity index (χ1v) is 10.3. The molecule has 0 fully saturated rings. The smallest absolute Gasteiger partial charge is 0.241 e. The molecular weight excluding hydrogens is 348 g/mol. The maximum absolute atomic E-state index is 12.8. The summed E-state index contributed by atoms with van der Waals surface area (Å²) in [6.45, 7) is 6.02. The number of hydrogen-bond acceptors (Lipinski definition) is 3. The molecule has 0 unspecified atom stereocenters. The van der Waals surface area contributed by atoms with Crippen molar-refractivity contribution in [3.05, 3.63) is 59.2 Å². The molecule has 5 nitrogen and oxygen atoms in total. The molecule has 0 bridgehead atoms. The number of fused-ring (bicyclic) bond motifs is 1. The highest BCUT2D eigenvalue weighted by Crippen LogP contribution is 2.30. The van der Waals surface area contributed by atoms with Crippen molar-refractivity contribution in [2.45, 2.75) is 44.6 Å². The average molecular weight is 372 g/mol. The molecule has 26 heavy (non-hydrogen) atoms. The third-order valence-electron chi connectivity index (χ3n) is 4.85. The second-order valence-corrected chi connectivity index (χ2v) is 8.48. The monoisotopic (exact) mass is 372 g/mol. The van der Waals surface area contributed by atoms with Crippen LogP contribution in [0.5, 0.6) is 0 Å². The molecule has 0 aromatic heterocycles. The number of benzene rings is 2. The first kappa shape index (κ1) is 18.6. The van der Waals surface area contributed by atoms with Gasteiger partial charge in [-0.1, -0.05) is 24.3 Å². The van der Waals surface area contributed by atoms with Gasteiger partial charge < -0.3 is 4.90 Å². The van der Waals surface area contributed by atoms with Crippen molar-refractivity contribution in [1.82, 2.24) is 4.72 Å². The van der Waals surface area contributed by atoms with Crippen LogP contribution >= 0.6 is 0 Å². The van der Waals surface area contributed by atoms with E-state index in [1.165, 1.54) is 6.92 Å². The van der Waals surface area contributed by atoms with Gasteiger partial charge in [0, 0.05) is 25.2 Å². The van der Waals surface area contributed by atoms with E-state index in [9.17, 15) is 13.2 Å². The van der Waals surface area contributed by atoms with Crippen LogP contribution < -0.4 is 9.62 Å². The zero-order chi connectivity index (χ0) is 18.9. The van der Waals surface area contributed by atoms with E-state index < -0.39 is 10.0 Å². The van der Waals surface area contributed by atoms with Gasteiger partial charge >= 0.3 is 0 Å². The minimum absolute atomic E-state index is 0.0205. The molecule has 1 atom stereocenters. The molecule has 3 rings (SSSR count). The van der Waals surface area contributed by atoms with Crippen LogP contribution in [0, 0.1) is 6.92 Å². The molecule has 0 saturated heterocycles. The predicted molar refractivity (Wildman–Crippen MR) is 103 cm³/mol.